The highest BCUT2D eigenvalue weighted by Gasteiger charge is 2.18. The van der Waals surface area contributed by atoms with Crippen LogP contribution in [0.25, 0.3) is 0 Å². The molecule has 2 aromatic carbocycles. The van der Waals surface area contributed by atoms with Crippen LogP contribution < -0.4 is 14.8 Å². The van der Waals surface area contributed by atoms with E-state index in [0.29, 0.717) is 14.9 Å². The van der Waals surface area contributed by atoms with Crippen molar-refractivity contribution in [3.63, 3.8) is 0 Å². The Morgan fingerprint density at radius 3 is 2.41 bits per heavy atom. The molecule has 168 valence electrons. The summed E-state index contributed by atoms with van der Waals surface area (Å²) in [4.78, 5) is 24.7. The van der Waals surface area contributed by atoms with Gasteiger partial charge in [0.15, 0.2) is 5.78 Å². The zero-order chi connectivity index (χ0) is 23.3. The minimum atomic E-state index is -4.02. The third kappa shape index (κ3) is 6.06. The summed E-state index contributed by atoms with van der Waals surface area (Å²) in [7, 11) is -2.65. The van der Waals surface area contributed by atoms with E-state index in [1.807, 2.05) is 0 Å². The number of sulfonamides is 1. The molecule has 0 spiro atoms. The maximum Gasteiger partial charge on any atom is 0.262 e. The molecule has 11 heteroatoms. The Balaban J connectivity index is 1.69. The average Bonchev–Trinajstić information content (AvgIpc) is 3.19. The van der Waals surface area contributed by atoms with Gasteiger partial charge in [-0.05, 0) is 54.6 Å². The number of benzene rings is 2. The van der Waals surface area contributed by atoms with Crippen molar-refractivity contribution >= 4 is 56.0 Å². The lowest BCUT2D eigenvalue weighted by molar-refractivity contribution is -0.116. The van der Waals surface area contributed by atoms with E-state index in [0.717, 1.165) is 35.6 Å². The second-order valence-corrected chi connectivity index (χ2v) is 9.95. The molecular formula is C21H18ClFN2O5S2. The van der Waals surface area contributed by atoms with E-state index in [1.54, 1.807) is 12.1 Å². The van der Waals surface area contributed by atoms with Crippen LogP contribution in [0, 0.1) is 5.82 Å². The van der Waals surface area contributed by atoms with Crippen LogP contribution in [-0.2, 0) is 14.8 Å². The van der Waals surface area contributed by atoms with E-state index < -0.39 is 21.7 Å². The Morgan fingerprint density at radius 1 is 1.06 bits per heavy atom. The van der Waals surface area contributed by atoms with Crippen LogP contribution in [0.4, 0.5) is 15.8 Å². The second-order valence-electron chi connectivity index (χ2n) is 6.55. The number of Topliss-reactive ketones (excluding diaryl/α,β-unsaturated/α-hetero) is 1. The number of carbonyl (C=O) groups excluding carboxylic acids is 2. The van der Waals surface area contributed by atoms with Crippen molar-refractivity contribution in [1.82, 2.24) is 0 Å². The van der Waals surface area contributed by atoms with Crippen LogP contribution >= 0.6 is 22.9 Å². The second kappa shape index (κ2) is 10.1. The molecule has 32 heavy (non-hydrogen) atoms. The van der Waals surface area contributed by atoms with Crippen molar-refractivity contribution < 1.29 is 27.1 Å². The smallest absolute Gasteiger partial charge is 0.262 e. The number of rotatable bonds is 9. The van der Waals surface area contributed by atoms with E-state index in [9.17, 15) is 22.4 Å². The molecule has 1 heterocycles. The quantitative estimate of drug-likeness (QED) is 0.408. The molecule has 1 aromatic heterocycles. The van der Waals surface area contributed by atoms with Gasteiger partial charge in [-0.1, -0.05) is 11.6 Å². The molecule has 0 atom stereocenters. The molecule has 2 N–H and O–H groups in total. The Morgan fingerprint density at radius 2 is 1.78 bits per heavy atom. The molecule has 0 saturated heterocycles. The van der Waals surface area contributed by atoms with Gasteiger partial charge in [-0.25, -0.2) is 12.8 Å². The molecule has 3 aromatic rings. The summed E-state index contributed by atoms with van der Waals surface area (Å²) in [6.45, 7) is 0. The topological polar surface area (TPSA) is 102 Å². The van der Waals surface area contributed by atoms with Gasteiger partial charge in [0.25, 0.3) is 10.0 Å². The Hall–Kier alpha value is -2.95. The number of hydrogen-bond donors (Lipinski definition) is 2. The first-order valence-corrected chi connectivity index (χ1v) is 11.9. The van der Waals surface area contributed by atoms with Crippen LogP contribution in [0.1, 0.15) is 22.5 Å². The van der Waals surface area contributed by atoms with Gasteiger partial charge in [0.05, 0.1) is 26.9 Å². The van der Waals surface area contributed by atoms with Gasteiger partial charge in [-0.2, -0.15) is 0 Å². The summed E-state index contributed by atoms with van der Waals surface area (Å²) in [6, 6.07) is 12.0. The highest BCUT2D eigenvalue weighted by atomic mass is 35.5. The van der Waals surface area contributed by atoms with Crippen LogP contribution in [0.15, 0.2) is 59.5 Å². The summed E-state index contributed by atoms with van der Waals surface area (Å²) in [5.41, 5.74) is 0.387. The first-order valence-electron chi connectivity index (χ1n) is 9.23. The van der Waals surface area contributed by atoms with Crippen molar-refractivity contribution in [2.45, 2.75) is 17.7 Å². The fraction of sp³-hybridized carbons (Fsp3) is 0.143. The van der Waals surface area contributed by atoms with E-state index >= 15 is 0 Å². The predicted molar refractivity (Wildman–Crippen MR) is 122 cm³/mol. The minimum Gasteiger partial charge on any atom is -0.495 e. The monoisotopic (exact) mass is 496 g/mol. The average molecular weight is 497 g/mol. The molecule has 0 aliphatic heterocycles. The number of amides is 1. The fourth-order valence-electron chi connectivity index (χ4n) is 2.72. The molecule has 0 aliphatic carbocycles. The predicted octanol–water partition coefficient (Wildman–Crippen LogP) is 4.95. The number of thiophene rings is 1. The van der Waals surface area contributed by atoms with Gasteiger partial charge in [0.2, 0.25) is 5.91 Å². The lowest BCUT2D eigenvalue weighted by Crippen LogP contribution is -2.15. The largest absolute Gasteiger partial charge is 0.495 e. The number of carbonyl (C=O) groups is 2. The molecule has 0 saturated carbocycles. The van der Waals surface area contributed by atoms with E-state index in [1.165, 1.54) is 25.3 Å². The van der Waals surface area contributed by atoms with Crippen LogP contribution in [0.5, 0.6) is 5.75 Å². The summed E-state index contributed by atoms with van der Waals surface area (Å²) < 4.78 is 46.4. The highest BCUT2D eigenvalue weighted by molar-refractivity contribution is 7.92. The van der Waals surface area contributed by atoms with Gasteiger partial charge in [-0.15, -0.1) is 11.3 Å². The minimum absolute atomic E-state index is 0.00286. The molecule has 3 rings (SSSR count). The fourth-order valence-corrected chi connectivity index (χ4v) is 4.79. The molecule has 0 radical (unpaired) electrons. The summed E-state index contributed by atoms with van der Waals surface area (Å²) >= 11 is 6.96. The van der Waals surface area contributed by atoms with Gasteiger partial charge >= 0.3 is 0 Å². The van der Waals surface area contributed by atoms with Crippen molar-refractivity contribution in [1.29, 1.82) is 0 Å². The van der Waals surface area contributed by atoms with Crippen molar-refractivity contribution in [2.24, 2.45) is 0 Å². The maximum atomic E-state index is 13.1. The summed E-state index contributed by atoms with van der Waals surface area (Å²) in [5, 5.41) is 2.62. The zero-order valence-corrected chi connectivity index (χ0v) is 19.1. The van der Waals surface area contributed by atoms with E-state index in [-0.39, 0.29) is 35.0 Å². The van der Waals surface area contributed by atoms with Crippen LogP contribution in [0.2, 0.25) is 4.34 Å². The molecule has 0 fully saturated rings. The van der Waals surface area contributed by atoms with Crippen LogP contribution in [-0.4, -0.2) is 27.2 Å². The van der Waals surface area contributed by atoms with Gasteiger partial charge < -0.3 is 10.1 Å². The SMILES string of the molecule is COc1ccc(NC(=O)CCC(=O)c2ccc(Cl)s2)cc1NS(=O)(=O)c1ccc(F)cc1. The third-order valence-electron chi connectivity index (χ3n) is 4.28. The standard InChI is InChI=1S/C21H18ClFN2O5S2/c1-30-18-8-4-14(24-21(27)11-7-17(26)19-9-10-20(22)31-19)12-16(18)25-32(28,29)15-5-2-13(23)3-6-15/h2-6,8-10,12,25H,7,11H2,1H3,(H,24,27). The normalized spacial score (nSPS) is 11.1. The molecule has 7 nitrogen and oxygen atoms in total. The number of methoxy groups -OCH3 is 1. The number of anilines is 2. The number of ketones is 1. The number of nitrogens with one attached hydrogen (secondary N) is 2. The van der Waals surface area contributed by atoms with Crippen molar-refractivity contribution in [2.75, 3.05) is 17.1 Å². The van der Waals surface area contributed by atoms with E-state index in [4.69, 9.17) is 16.3 Å². The number of ether oxygens (including phenoxy) is 1. The molecule has 0 aliphatic rings. The lowest BCUT2D eigenvalue weighted by Gasteiger charge is -2.14. The molecule has 1 amide bonds. The molecule has 0 unspecified atom stereocenters. The van der Waals surface area contributed by atoms with Crippen molar-refractivity contribution in [3.8, 4) is 5.75 Å². The van der Waals surface area contributed by atoms with Gasteiger partial charge in [0.1, 0.15) is 11.6 Å². The van der Waals surface area contributed by atoms with Crippen LogP contribution in [0.3, 0.4) is 0 Å². The van der Waals surface area contributed by atoms with Gasteiger partial charge in [0, 0.05) is 18.5 Å². The Labute approximate surface area is 193 Å². The first kappa shape index (κ1) is 23.7. The third-order valence-corrected chi connectivity index (χ3v) is 6.93. The van der Waals surface area contributed by atoms with E-state index in [2.05, 4.69) is 10.0 Å². The number of halogens is 2. The van der Waals surface area contributed by atoms with Gasteiger partial charge in [-0.3, -0.25) is 14.3 Å². The first-order chi connectivity index (χ1) is 15.2. The lowest BCUT2D eigenvalue weighted by atomic mass is 10.2. The highest BCUT2D eigenvalue weighted by Crippen LogP contribution is 2.30. The molecule has 0 bridgehead atoms. The molecular weight excluding hydrogens is 479 g/mol. The summed E-state index contributed by atoms with van der Waals surface area (Å²) in [6.07, 6.45) is -0.0556. The summed E-state index contributed by atoms with van der Waals surface area (Å²) in [5.74, 6) is -0.955. The Bertz CT molecular complexity index is 1240. The maximum absolute atomic E-state index is 13.1. The zero-order valence-electron chi connectivity index (χ0n) is 16.7. The Kier molecular flexibility index (Phi) is 7.49. The number of hydrogen-bond acceptors (Lipinski definition) is 6. The van der Waals surface area contributed by atoms with Crippen molar-refractivity contribution in [3.05, 3.63) is 69.6 Å².